The predicted octanol–water partition coefficient (Wildman–Crippen LogP) is 2.24. The zero-order valence-electron chi connectivity index (χ0n) is 15.7. The minimum atomic E-state index is -0.736. The van der Waals surface area contributed by atoms with Crippen LogP contribution in [0.25, 0.3) is 0 Å². The number of ether oxygens (including phenoxy) is 1. The summed E-state index contributed by atoms with van der Waals surface area (Å²) >= 11 is 0. The molecule has 28 heavy (non-hydrogen) atoms. The fourth-order valence-corrected chi connectivity index (χ4v) is 4.34. The monoisotopic (exact) mass is 381 g/mol. The van der Waals surface area contributed by atoms with E-state index in [0.29, 0.717) is 18.4 Å². The van der Waals surface area contributed by atoms with Gasteiger partial charge in [-0.05, 0) is 55.7 Å². The van der Waals surface area contributed by atoms with Crippen LogP contribution in [0, 0.1) is 11.8 Å². The quantitative estimate of drug-likeness (QED) is 0.338. The van der Waals surface area contributed by atoms with Gasteiger partial charge in [-0.25, -0.2) is 0 Å². The van der Waals surface area contributed by atoms with Gasteiger partial charge in [0.1, 0.15) is 6.54 Å². The molecule has 0 unspecified atom stereocenters. The lowest BCUT2D eigenvalue weighted by atomic mass is 9.85. The molecule has 0 spiro atoms. The standard InChI is InChI=1S/C22H23NO5/c24-19(16-10-9-14-5-1-2-6-15(14)11-16)13-28-20(25)12-23-21(26)17-7-3-4-8-18(17)22(23)27/h3-4,9-11,17-18H,1-2,5-8,12-13H2/t17-,18+. The van der Waals surface area contributed by atoms with E-state index in [9.17, 15) is 19.2 Å². The molecular weight excluding hydrogens is 358 g/mol. The molecule has 0 aromatic heterocycles. The van der Waals surface area contributed by atoms with Gasteiger partial charge < -0.3 is 4.74 Å². The molecule has 3 aliphatic rings. The number of fused-ring (bicyclic) bond motifs is 2. The first-order valence-corrected chi connectivity index (χ1v) is 9.85. The van der Waals surface area contributed by atoms with Crippen molar-refractivity contribution in [3.63, 3.8) is 0 Å². The number of imide groups is 1. The minimum Gasteiger partial charge on any atom is -0.456 e. The van der Waals surface area contributed by atoms with Gasteiger partial charge in [-0.15, -0.1) is 0 Å². The van der Waals surface area contributed by atoms with E-state index in [-0.39, 0.29) is 36.0 Å². The van der Waals surface area contributed by atoms with Crippen LogP contribution in [0.3, 0.4) is 0 Å². The van der Waals surface area contributed by atoms with Gasteiger partial charge in [0.05, 0.1) is 11.8 Å². The number of Topliss-reactive ketones (excluding diaryl/α,β-unsaturated/α-hetero) is 1. The highest BCUT2D eigenvalue weighted by Crippen LogP contribution is 2.34. The molecule has 1 aliphatic heterocycles. The molecule has 2 aliphatic carbocycles. The summed E-state index contributed by atoms with van der Waals surface area (Å²) in [6.07, 6.45) is 9.13. The van der Waals surface area contributed by atoms with Crippen molar-refractivity contribution in [3.8, 4) is 0 Å². The summed E-state index contributed by atoms with van der Waals surface area (Å²) in [5.74, 6) is -2.40. The Morgan fingerprint density at radius 3 is 2.29 bits per heavy atom. The maximum absolute atomic E-state index is 12.4. The van der Waals surface area contributed by atoms with E-state index in [1.165, 1.54) is 17.5 Å². The van der Waals surface area contributed by atoms with E-state index < -0.39 is 12.5 Å². The van der Waals surface area contributed by atoms with E-state index in [0.717, 1.165) is 24.2 Å². The fraction of sp³-hybridized carbons (Fsp3) is 0.455. The molecule has 2 amide bonds. The number of aryl methyl sites for hydroxylation is 2. The normalized spacial score (nSPS) is 23.4. The topological polar surface area (TPSA) is 80.8 Å². The Kier molecular flexibility index (Phi) is 5.11. The molecule has 146 valence electrons. The summed E-state index contributed by atoms with van der Waals surface area (Å²) in [7, 11) is 0. The predicted molar refractivity (Wildman–Crippen MR) is 100 cm³/mol. The van der Waals surface area contributed by atoms with Gasteiger partial charge in [0.15, 0.2) is 12.4 Å². The van der Waals surface area contributed by atoms with Crippen molar-refractivity contribution in [3.05, 3.63) is 47.0 Å². The molecule has 6 nitrogen and oxygen atoms in total. The Bertz CT molecular complexity index is 846. The number of ketones is 1. The number of likely N-dealkylation sites (tertiary alicyclic amines) is 1. The van der Waals surface area contributed by atoms with Crippen molar-refractivity contribution < 1.29 is 23.9 Å². The van der Waals surface area contributed by atoms with Crippen LogP contribution in [0.2, 0.25) is 0 Å². The van der Waals surface area contributed by atoms with E-state index in [4.69, 9.17) is 4.74 Å². The number of amides is 2. The van der Waals surface area contributed by atoms with Gasteiger partial charge >= 0.3 is 5.97 Å². The average Bonchev–Trinajstić information content (AvgIpc) is 2.97. The minimum absolute atomic E-state index is 0.279. The molecule has 1 aromatic carbocycles. The van der Waals surface area contributed by atoms with E-state index in [1.807, 2.05) is 24.3 Å². The number of hydrogen-bond acceptors (Lipinski definition) is 5. The Labute approximate surface area is 163 Å². The first kappa shape index (κ1) is 18.6. The number of carbonyl (C=O) groups is 4. The number of benzene rings is 1. The molecule has 1 fully saturated rings. The molecule has 0 saturated carbocycles. The van der Waals surface area contributed by atoms with E-state index >= 15 is 0 Å². The Morgan fingerprint density at radius 2 is 1.61 bits per heavy atom. The molecule has 6 heteroatoms. The van der Waals surface area contributed by atoms with Crippen LogP contribution in [0.1, 0.15) is 47.2 Å². The summed E-state index contributed by atoms with van der Waals surface area (Å²) in [5.41, 5.74) is 2.99. The van der Waals surface area contributed by atoms with Crippen molar-refractivity contribution in [2.75, 3.05) is 13.2 Å². The Hall–Kier alpha value is -2.76. The second-order valence-corrected chi connectivity index (χ2v) is 7.69. The SMILES string of the molecule is O=C(CN1C(=O)[C@H]2CC=CC[C@H]2C1=O)OCC(=O)c1ccc2c(c1)CCCC2. The molecule has 0 radical (unpaired) electrons. The van der Waals surface area contributed by atoms with Crippen LogP contribution >= 0.6 is 0 Å². The van der Waals surface area contributed by atoms with Gasteiger partial charge in [0.25, 0.3) is 0 Å². The molecule has 2 atom stereocenters. The van der Waals surface area contributed by atoms with Crippen LogP contribution < -0.4 is 0 Å². The summed E-state index contributed by atoms with van der Waals surface area (Å²) in [4.78, 5) is 50.2. The summed E-state index contributed by atoms with van der Waals surface area (Å²) < 4.78 is 5.06. The van der Waals surface area contributed by atoms with Gasteiger partial charge in [-0.3, -0.25) is 24.1 Å². The molecule has 1 aromatic rings. The highest BCUT2D eigenvalue weighted by Gasteiger charge is 2.47. The highest BCUT2D eigenvalue weighted by atomic mass is 16.5. The van der Waals surface area contributed by atoms with E-state index in [2.05, 4.69) is 0 Å². The maximum Gasteiger partial charge on any atom is 0.326 e. The zero-order valence-corrected chi connectivity index (χ0v) is 15.7. The molecule has 0 bridgehead atoms. The lowest BCUT2D eigenvalue weighted by molar-refractivity contribution is -0.152. The maximum atomic E-state index is 12.4. The molecule has 0 N–H and O–H groups in total. The van der Waals surface area contributed by atoms with Gasteiger partial charge in [0.2, 0.25) is 11.8 Å². The third-order valence-corrected chi connectivity index (χ3v) is 5.92. The molecule has 1 heterocycles. The third-order valence-electron chi connectivity index (χ3n) is 5.92. The number of hydrogen-bond donors (Lipinski definition) is 0. The number of carbonyl (C=O) groups excluding carboxylic acids is 4. The van der Waals surface area contributed by atoms with Crippen LogP contribution in [0.4, 0.5) is 0 Å². The van der Waals surface area contributed by atoms with Crippen LogP contribution in [-0.4, -0.2) is 41.6 Å². The van der Waals surface area contributed by atoms with E-state index in [1.54, 1.807) is 6.07 Å². The van der Waals surface area contributed by atoms with Crippen molar-refractivity contribution in [1.29, 1.82) is 0 Å². The number of esters is 1. The summed E-state index contributed by atoms with van der Waals surface area (Å²) in [6.45, 7) is -0.815. The second kappa shape index (κ2) is 7.70. The van der Waals surface area contributed by atoms with Gasteiger partial charge in [-0.1, -0.05) is 24.3 Å². The average molecular weight is 381 g/mol. The summed E-state index contributed by atoms with van der Waals surface area (Å²) in [6, 6.07) is 5.63. The number of nitrogens with zero attached hydrogens (tertiary/aromatic N) is 1. The van der Waals surface area contributed by atoms with Gasteiger partial charge in [-0.2, -0.15) is 0 Å². The smallest absolute Gasteiger partial charge is 0.326 e. The van der Waals surface area contributed by atoms with Crippen molar-refractivity contribution >= 4 is 23.6 Å². The Balaban J connectivity index is 1.33. The second-order valence-electron chi connectivity index (χ2n) is 7.69. The fourth-order valence-electron chi connectivity index (χ4n) is 4.34. The van der Waals surface area contributed by atoms with Gasteiger partial charge in [0, 0.05) is 5.56 Å². The number of allylic oxidation sites excluding steroid dienone is 2. The molecule has 4 rings (SSSR count). The molecule has 1 saturated heterocycles. The van der Waals surface area contributed by atoms with Crippen molar-refractivity contribution in [2.45, 2.75) is 38.5 Å². The lowest BCUT2D eigenvalue weighted by Gasteiger charge is -2.16. The highest BCUT2D eigenvalue weighted by molar-refractivity contribution is 6.07. The van der Waals surface area contributed by atoms with Crippen LogP contribution in [0.5, 0.6) is 0 Å². The zero-order chi connectivity index (χ0) is 19.7. The van der Waals surface area contributed by atoms with Crippen molar-refractivity contribution in [1.82, 2.24) is 4.90 Å². The lowest BCUT2D eigenvalue weighted by Crippen LogP contribution is -2.37. The first-order valence-electron chi connectivity index (χ1n) is 9.85. The largest absolute Gasteiger partial charge is 0.456 e. The number of rotatable bonds is 5. The Morgan fingerprint density at radius 1 is 0.964 bits per heavy atom. The summed E-state index contributed by atoms with van der Waals surface area (Å²) in [5, 5.41) is 0. The van der Waals surface area contributed by atoms with Crippen LogP contribution in [0.15, 0.2) is 30.4 Å². The first-order chi connectivity index (χ1) is 13.5. The molecular formula is C22H23NO5. The van der Waals surface area contributed by atoms with Crippen LogP contribution in [-0.2, 0) is 32.0 Å². The third kappa shape index (κ3) is 3.51. The van der Waals surface area contributed by atoms with Crippen molar-refractivity contribution in [2.24, 2.45) is 11.8 Å².